The molecular formula is C11H15NO7. The molecule has 0 aliphatic carbocycles. The monoisotopic (exact) mass is 273 g/mol. The highest BCUT2D eigenvalue weighted by Crippen LogP contribution is 2.06. The van der Waals surface area contributed by atoms with Crippen LogP contribution in [-0.4, -0.2) is 49.3 Å². The van der Waals surface area contributed by atoms with Gasteiger partial charge < -0.3 is 24.6 Å². The van der Waals surface area contributed by atoms with E-state index in [0.29, 0.717) is 6.61 Å². The lowest BCUT2D eigenvalue weighted by molar-refractivity contribution is -0.144. The third kappa shape index (κ3) is 4.86. The molecule has 1 aliphatic rings. The van der Waals surface area contributed by atoms with Gasteiger partial charge in [-0.15, -0.1) is 0 Å². The number of hydrogen-bond acceptors (Lipinski definition) is 6. The third-order valence-corrected chi connectivity index (χ3v) is 2.34. The quantitative estimate of drug-likeness (QED) is 0.621. The molecule has 1 atom stereocenters. The first kappa shape index (κ1) is 14.8. The van der Waals surface area contributed by atoms with E-state index in [-0.39, 0.29) is 25.2 Å². The van der Waals surface area contributed by atoms with Crippen molar-refractivity contribution in [1.82, 2.24) is 5.32 Å². The van der Waals surface area contributed by atoms with Gasteiger partial charge in [0, 0.05) is 6.42 Å². The summed E-state index contributed by atoms with van der Waals surface area (Å²) in [7, 11) is 1.20. The fraction of sp³-hybridized carbons (Fsp3) is 0.545. The first-order chi connectivity index (χ1) is 9.04. The minimum Gasteiger partial charge on any atom is -0.494 e. The van der Waals surface area contributed by atoms with Crippen LogP contribution in [0.2, 0.25) is 0 Å². The van der Waals surface area contributed by atoms with Gasteiger partial charge in [-0.3, -0.25) is 9.59 Å². The Balaban J connectivity index is 2.53. The maximum absolute atomic E-state index is 11.7. The number of carbonyl (C=O) groups excluding carboxylic acids is 2. The number of carbonyl (C=O) groups is 3. The number of aliphatic carboxylic acids is 1. The first-order valence-electron chi connectivity index (χ1n) is 5.59. The normalized spacial score (nSPS) is 15.3. The Morgan fingerprint density at radius 2 is 2.21 bits per heavy atom. The van der Waals surface area contributed by atoms with Crippen LogP contribution < -0.4 is 5.32 Å². The Morgan fingerprint density at radius 3 is 2.74 bits per heavy atom. The van der Waals surface area contributed by atoms with E-state index < -0.39 is 23.9 Å². The molecule has 1 rings (SSSR count). The van der Waals surface area contributed by atoms with Crippen molar-refractivity contribution in [1.29, 1.82) is 0 Å². The zero-order valence-corrected chi connectivity index (χ0v) is 10.4. The summed E-state index contributed by atoms with van der Waals surface area (Å²) < 4.78 is 14.3. The highest BCUT2D eigenvalue weighted by atomic mass is 16.6. The second kappa shape index (κ2) is 7.24. The predicted octanol–water partition coefficient (Wildman–Crippen LogP) is -0.603. The largest absolute Gasteiger partial charge is 0.494 e. The Kier molecular flexibility index (Phi) is 5.65. The van der Waals surface area contributed by atoms with Gasteiger partial charge in [0.15, 0.2) is 0 Å². The summed E-state index contributed by atoms with van der Waals surface area (Å²) >= 11 is 0. The molecule has 1 amide bonds. The minimum atomic E-state index is -1.24. The van der Waals surface area contributed by atoms with Crippen LogP contribution in [0, 0.1) is 0 Å². The van der Waals surface area contributed by atoms with Crippen molar-refractivity contribution in [3.8, 4) is 0 Å². The molecule has 2 N–H and O–H groups in total. The van der Waals surface area contributed by atoms with Gasteiger partial charge in [-0.2, -0.15) is 0 Å². The highest BCUT2D eigenvalue weighted by molar-refractivity contribution is 5.94. The number of methoxy groups -OCH3 is 1. The molecule has 0 radical (unpaired) electrons. The van der Waals surface area contributed by atoms with Gasteiger partial charge in [-0.1, -0.05) is 0 Å². The number of rotatable bonds is 6. The van der Waals surface area contributed by atoms with Crippen LogP contribution >= 0.6 is 0 Å². The molecule has 0 bridgehead atoms. The Bertz CT molecular complexity index is 391. The van der Waals surface area contributed by atoms with Crippen LogP contribution in [0.1, 0.15) is 12.8 Å². The van der Waals surface area contributed by atoms with Crippen LogP contribution in [-0.2, 0) is 28.6 Å². The van der Waals surface area contributed by atoms with Crippen molar-refractivity contribution in [2.45, 2.75) is 18.9 Å². The van der Waals surface area contributed by atoms with Crippen LogP contribution in [0.25, 0.3) is 0 Å². The number of nitrogens with one attached hydrogen (secondary N) is 1. The lowest BCUT2D eigenvalue weighted by Crippen LogP contribution is -2.42. The van der Waals surface area contributed by atoms with Crippen molar-refractivity contribution < 1.29 is 33.7 Å². The van der Waals surface area contributed by atoms with Crippen molar-refractivity contribution in [2.24, 2.45) is 0 Å². The molecule has 0 spiro atoms. The summed E-state index contributed by atoms with van der Waals surface area (Å²) in [6.45, 7) is 0.556. The number of hydrogen-bond donors (Lipinski definition) is 2. The summed E-state index contributed by atoms with van der Waals surface area (Å²) in [5.41, 5.74) is 0. The third-order valence-electron chi connectivity index (χ3n) is 2.34. The van der Waals surface area contributed by atoms with E-state index in [0.717, 1.165) is 6.26 Å². The smallest absolute Gasteiger partial charge is 0.326 e. The van der Waals surface area contributed by atoms with Gasteiger partial charge in [0.25, 0.3) is 5.91 Å². The average molecular weight is 273 g/mol. The van der Waals surface area contributed by atoms with E-state index in [4.69, 9.17) is 14.6 Å². The summed E-state index contributed by atoms with van der Waals surface area (Å²) in [6.07, 6.45) is 0.948. The molecule has 0 fully saturated rings. The summed E-state index contributed by atoms with van der Waals surface area (Å²) in [6, 6.07) is -1.20. The molecule has 0 aromatic carbocycles. The average Bonchev–Trinajstić information content (AvgIpc) is 2.43. The van der Waals surface area contributed by atoms with E-state index in [1.54, 1.807) is 0 Å². The van der Waals surface area contributed by atoms with Crippen LogP contribution in [0.4, 0.5) is 0 Å². The fourth-order valence-corrected chi connectivity index (χ4v) is 1.34. The summed E-state index contributed by atoms with van der Waals surface area (Å²) in [5.74, 6) is -2.57. The molecule has 1 heterocycles. The van der Waals surface area contributed by atoms with E-state index in [1.165, 1.54) is 7.11 Å². The van der Waals surface area contributed by atoms with Gasteiger partial charge >= 0.3 is 11.9 Å². The Hall–Kier alpha value is -2.25. The minimum absolute atomic E-state index is 0.0676. The zero-order chi connectivity index (χ0) is 14.3. The maximum atomic E-state index is 11.7. The molecule has 0 aromatic rings. The molecule has 8 nitrogen and oxygen atoms in total. The van der Waals surface area contributed by atoms with E-state index in [1.807, 2.05) is 0 Å². The Labute approximate surface area is 109 Å². The standard InChI is InChI=1S/C11H15NO7/c1-17-9(13)3-2-7(11(15)16)12-10(14)8-6-18-4-5-19-8/h6-7H,2-5H2,1H3,(H,12,14)(H,15,16)/t7-/m1/s1. The van der Waals surface area contributed by atoms with Crippen LogP contribution in [0.3, 0.4) is 0 Å². The van der Waals surface area contributed by atoms with Gasteiger partial charge in [0.1, 0.15) is 25.5 Å². The van der Waals surface area contributed by atoms with Gasteiger partial charge in [0.2, 0.25) is 5.76 Å². The van der Waals surface area contributed by atoms with Crippen molar-refractivity contribution in [3.05, 3.63) is 12.0 Å². The molecule has 8 heteroatoms. The number of carboxylic acid groups (broad SMARTS) is 1. The molecule has 0 saturated carbocycles. The van der Waals surface area contributed by atoms with Crippen LogP contribution in [0.5, 0.6) is 0 Å². The zero-order valence-electron chi connectivity index (χ0n) is 10.4. The Morgan fingerprint density at radius 1 is 1.47 bits per heavy atom. The fourth-order valence-electron chi connectivity index (χ4n) is 1.34. The van der Waals surface area contributed by atoms with Crippen molar-refractivity contribution in [3.63, 3.8) is 0 Å². The molecule has 19 heavy (non-hydrogen) atoms. The molecular weight excluding hydrogens is 258 g/mol. The highest BCUT2D eigenvalue weighted by Gasteiger charge is 2.24. The molecule has 0 aromatic heterocycles. The lowest BCUT2D eigenvalue weighted by atomic mass is 10.1. The number of ether oxygens (including phenoxy) is 3. The summed E-state index contributed by atoms with van der Waals surface area (Å²) in [5, 5.41) is 11.2. The second-order valence-corrected chi connectivity index (χ2v) is 3.68. The molecule has 1 aliphatic heterocycles. The van der Waals surface area contributed by atoms with Gasteiger partial charge in [-0.25, -0.2) is 4.79 Å². The molecule has 0 saturated heterocycles. The SMILES string of the molecule is COC(=O)CC[C@@H](NC(=O)C1=COCCO1)C(=O)O. The van der Waals surface area contributed by atoms with Gasteiger partial charge in [0.05, 0.1) is 7.11 Å². The lowest BCUT2D eigenvalue weighted by Gasteiger charge is -2.18. The first-order valence-corrected chi connectivity index (χ1v) is 5.59. The van der Waals surface area contributed by atoms with Crippen molar-refractivity contribution >= 4 is 17.8 Å². The van der Waals surface area contributed by atoms with Gasteiger partial charge in [-0.05, 0) is 6.42 Å². The molecule has 106 valence electrons. The number of esters is 1. The topological polar surface area (TPSA) is 111 Å². The number of carboxylic acids is 1. The van der Waals surface area contributed by atoms with E-state index in [2.05, 4.69) is 10.1 Å². The number of amides is 1. The van der Waals surface area contributed by atoms with Crippen molar-refractivity contribution in [2.75, 3.05) is 20.3 Å². The van der Waals surface area contributed by atoms with E-state index in [9.17, 15) is 14.4 Å². The van der Waals surface area contributed by atoms with Crippen LogP contribution in [0.15, 0.2) is 12.0 Å². The summed E-state index contributed by atoms with van der Waals surface area (Å²) in [4.78, 5) is 33.6. The van der Waals surface area contributed by atoms with E-state index >= 15 is 0 Å². The second-order valence-electron chi connectivity index (χ2n) is 3.68. The maximum Gasteiger partial charge on any atom is 0.326 e. The predicted molar refractivity (Wildman–Crippen MR) is 60.8 cm³/mol. The molecule has 0 unspecified atom stereocenters.